The van der Waals surface area contributed by atoms with Gasteiger partial charge in [-0.15, -0.1) is 0 Å². The van der Waals surface area contributed by atoms with Crippen molar-refractivity contribution < 1.29 is 9.84 Å². The highest BCUT2D eigenvalue weighted by Crippen LogP contribution is 2.29. The summed E-state index contributed by atoms with van der Waals surface area (Å²) in [6.45, 7) is 1.77. The Morgan fingerprint density at radius 3 is 1.93 bits per heavy atom. The highest BCUT2D eigenvalue weighted by molar-refractivity contribution is 5.79. The van der Waals surface area contributed by atoms with E-state index in [4.69, 9.17) is 4.74 Å². The van der Waals surface area contributed by atoms with Crippen molar-refractivity contribution in [3.05, 3.63) is 102 Å². The first-order valence-corrected chi connectivity index (χ1v) is 9.79. The Bertz CT molecular complexity index is 852. The molecule has 0 saturated heterocycles. The lowest BCUT2D eigenvalue weighted by Crippen LogP contribution is -2.30. The van der Waals surface area contributed by atoms with Gasteiger partial charge in [-0.25, -0.2) is 0 Å². The molecule has 0 spiro atoms. The minimum Gasteiger partial charge on any atom is -0.492 e. The van der Waals surface area contributed by atoms with Crippen molar-refractivity contribution in [2.45, 2.75) is 5.60 Å². The first-order chi connectivity index (χ1) is 14.1. The Morgan fingerprint density at radius 1 is 0.862 bits per heavy atom. The van der Waals surface area contributed by atoms with Gasteiger partial charge < -0.3 is 14.7 Å². The second-order valence-corrected chi connectivity index (χ2v) is 7.28. The lowest BCUT2D eigenvalue weighted by molar-refractivity contribution is 0.0910. The zero-order valence-corrected chi connectivity index (χ0v) is 17.0. The summed E-state index contributed by atoms with van der Waals surface area (Å²) in [5.41, 5.74) is 1.45. The van der Waals surface area contributed by atoms with Gasteiger partial charge in [0.15, 0.2) is 0 Å². The molecule has 0 aliphatic carbocycles. The maximum Gasteiger partial charge on any atom is 0.134 e. The molecule has 0 aromatic heterocycles. The SMILES string of the molecule is CN(C)CCOc1ccc(C=NCC(O)(c2ccccc2)c2ccccc2)cc1. The summed E-state index contributed by atoms with van der Waals surface area (Å²) in [7, 11) is 4.05. The standard InChI is InChI=1S/C25H28N2O2/c1-27(2)17-18-29-24-15-13-21(14-16-24)19-26-20-25(28,22-9-5-3-6-10-22)23-11-7-4-8-12-23/h3-16,19,28H,17-18,20H2,1-2H3. The minimum atomic E-state index is -1.17. The van der Waals surface area contributed by atoms with E-state index in [1.807, 2.05) is 99.0 Å². The number of likely N-dealkylation sites (N-methyl/N-ethyl adjacent to an activating group) is 1. The Balaban J connectivity index is 1.70. The van der Waals surface area contributed by atoms with Crippen LogP contribution in [0, 0.1) is 0 Å². The van der Waals surface area contributed by atoms with Gasteiger partial charge >= 0.3 is 0 Å². The molecule has 0 aliphatic heterocycles. The van der Waals surface area contributed by atoms with Crippen LogP contribution in [0.4, 0.5) is 0 Å². The first kappa shape index (κ1) is 20.8. The number of hydrogen-bond acceptors (Lipinski definition) is 4. The van der Waals surface area contributed by atoms with E-state index in [-0.39, 0.29) is 6.54 Å². The lowest BCUT2D eigenvalue weighted by Gasteiger charge is -2.27. The van der Waals surface area contributed by atoms with Gasteiger partial charge in [-0.3, -0.25) is 4.99 Å². The van der Waals surface area contributed by atoms with Crippen LogP contribution in [0.2, 0.25) is 0 Å². The lowest BCUT2D eigenvalue weighted by atomic mass is 9.86. The largest absolute Gasteiger partial charge is 0.492 e. The van der Waals surface area contributed by atoms with E-state index in [0.29, 0.717) is 6.61 Å². The average Bonchev–Trinajstić information content (AvgIpc) is 2.76. The van der Waals surface area contributed by atoms with Gasteiger partial charge in [0, 0.05) is 12.8 Å². The normalized spacial score (nSPS) is 11.9. The predicted molar refractivity (Wildman–Crippen MR) is 119 cm³/mol. The molecule has 0 fully saturated rings. The highest BCUT2D eigenvalue weighted by Gasteiger charge is 2.30. The molecule has 0 radical (unpaired) electrons. The van der Waals surface area contributed by atoms with Crippen LogP contribution >= 0.6 is 0 Å². The molecule has 3 aromatic carbocycles. The summed E-state index contributed by atoms with van der Waals surface area (Å²) in [5.74, 6) is 0.842. The van der Waals surface area contributed by atoms with E-state index >= 15 is 0 Å². The van der Waals surface area contributed by atoms with E-state index < -0.39 is 5.60 Å². The van der Waals surface area contributed by atoms with Crippen molar-refractivity contribution in [3.8, 4) is 5.75 Å². The second kappa shape index (κ2) is 10.0. The fourth-order valence-electron chi connectivity index (χ4n) is 3.06. The van der Waals surface area contributed by atoms with Crippen LogP contribution in [-0.4, -0.2) is 50.0 Å². The highest BCUT2D eigenvalue weighted by atomic mass is 16.5. The number of hydrogen-bond donors (Lipinski definition) is 1. The molecule has 3 aromatic rings. The summed E-state index contributed by atoms with van der Waals surface area (Å²) < 4.78 is 5.72. The molecule has 0 aliphatic rings. The molecule has 4 heteroatoms. The van der Waals surface area contributed by atoms with Crippen LogP contribution in [0.25, 0.3) is 0 Å². The van der Waals surface area contributed by atoms with Gasteiger partial charge in [0.2, 0.25) is 0 Å². The second-order valence-electron chi connectivity index (χ2n) is 7.28. The molecule has 0 atom stereocenters. The number of rotatable bonds is 9. The number of aliphatic imine (C=N–C) groups is 1. The van der Waals surface area contributed by atoms with Crippen LogP contribution in [0.3, 0.4) is 0 Å². The molecule has 1 N–H and O–H groups in total. The number of benzene rings is 3. The van der Waals surface area contributed by atoms with Crippen LogP contribution in [0.1, 0.15) is 16.7 Å². The van der Waals surface area contributed by atoms with Gasteiger partial charge in [0.25, 0.3) is 0 Å². The number of ether oxygens (including phenoxy) is 1. The van der Waals surface area contributed by atoms with Crippen LogP contribution in [-0.2, 0) is 5.60 Å². The molecule has 150 valence electrons. The summed E-state index contributed by atoms with van der Waals surface area (Å²) in [6.07, 6.45) is 1.79. The van der Waals surface area contributed by atoms with E-state index in [1.165, 1.54) is 0 Å². The predicted octanol–water partition coefficient (Wildman–Crippen LogP) is 3.98. The van der Waals surface area contributed by atoms with Crippen molar-refractivity contribution in [1.82, 2.24) is 4.90 Å². The third-order valence-electron chi connectivity index (χ3n) is 4.75. The summed E-state index contributed by atoms with van der Waals surface area (Å²) in [5, 5.41) is 11.5. The monoisotopic (exact) mass is 388 g/mol. The summed E-state index contributed by atoms with van der Waals surface area (Å²) >= 11 is 0. The Labute approximate surface area is 173 Å². The van der Waals surface area contributed by atoms with Crippen molar-refractivity contribution in [2.24, 2.45) is 4.99 Å². The molecule has 0 saturated carbocycles. The molecule has 0 heterocycles. The molecule has 4 nitrogen and oxygen atoms in total. The molecule has 3 rings (SSSR count). The van der Waals surface area contributed by atoms with Crippen molar-refractivity contribution in [2.75, 3.05) is 33.8 Å². The fraction of sp³-hybridized carbons (Fsp3) is 0.240. The minimum absolute atomic E-state index is 0.238. The van der Waals surface area contributed by atoms with Crippen LogP contribution in [0.5, 0.6) is 5.75 Å². The van der Waals surface area contributed by atoms with Gasteiger partial charge in [-0.1, -0.05) is 60.7 Å². The van der Waals surface area contributed by atoms with Gasteiger partial charge in [-0.05, 0) is 55.1 Å². The zero-order chi connectivity index (χ0) is 20.5. The van der Waals surface area contributed by atoms with Gasteiger partial charge in [0.1, 0.15) is 18.0 Å². The topological polar surface area (TPSA) is 45.1 Å². The van der Waals surface area contributed by atoms with E-state index in [2.05, 4.69) is 9.89 Å². The first-order valence-electron chi connectivity index (χ1n) is 9.79. The zero-order valence-electron chi connectivity index (χ0n) is 17.0. The van der Waals surface area contributed by atoms with E-state index in [0.717, 1.165) is 29.0 Å². The maximum atomic E-state index is 11.5. The third-order valence-corrected chi connectivity index (χ3v) is 4.75. The maximum absolute atomic E-state index is 11.5. The Hall–Kier alpha value is -2.95. The Morgan fingerprint density at radius 2 is 1.41 bits per heavy atom. The quantitative estimate of drug-likeness (QED) is 0.564. The molecule has 0 unspecified atom stereocenters. The number of nitrogens with zero attached hydrogens (tertiary/aromatic N) is 2. The molecule has 0 amide bonds. The number of aliphatic hydroxyl groups is 1. The molecule has 0 bridgehead atoms. The fourth-order valence-corrected chi connectivity index (χ4v) is 3.06. The molecule has 29 heavy (non-hydrogen) atoms. The molecular formula is C25H28N2O2. The van der Waals surface area contributed by atoms with Gasteiger partial charge in [0.05, 0.1) is 6.54 Å². The van der Waals surface area contributed by atoms with Crippen molar-refractivity contribution in [3.63, 3.8) is 0 Å². The summed E-state index contributed by atoms with van der Waals surface area (Å²) in [6, 6.07) is 27.2. The third kappa shape index (κ3) is 5.76. The Kier molecular flexibility index (Phi) is 7.17. The molecular weight excluding hydrogens is 360 g/mol. The van der Waals surface area contributed by atoms with E-state index in [1.54, 1.807) is 6.21 Å². The van der Waals surface area contributed by atoms with Crippen molar-refractivity contribution in [1.29, 1.82) is 0 Å². The average molecular weight is 389 g/mol. The van der Waals surface area contributed by atoms with E-state index in [9.17, 15) is 5.11 Å². The van der Waals surface area contributed by atoms with Crippen LogP contribution < -0.4 is 4.74 Å². The van der Waals surface area contributed by atoms with Crippen LogP contribution in [0.15, 0.2) is 89.9 Å². The smallest absolute Gasteiger partial charge is 0.134 e. The van der Waals surface area contributed by atoms with Gasteiger partial charge in [-0.2, -0.15) is 0 Å². The summed E-state index contributed by atoms with van der Waals surface area (Å²) in [4.78, 5) is 6.64. The van der Waals surface area contributed by atoms with Crippen molar-refractivity contribution >= 4 is 6.21 Å².